The van der Waals surface area contributed by atoms with Gasteiger partial charge < -0.3 is 9.84 Å². The van der Waals surface area contributed by atoms with E-state index < -0.39 is 0 Å². The first-order valence-corrected chi connectivity index (χ1v) is 4.87. The molecule has 0 aliphatic rings. The second-order valence-corrected chi connectivity index (χ2v) is 3.74. The van der Waals surface area contributed by atoms with E-state index in [4.69, 9.17) is 4.74 Å². The molecule has 0 aliphatic carbocycles. The minimum atomic E-state index is -0.315. The van der Waals surface area contributed by atoms with Gasteiger partial charge in [-0.05, 0) is 19.3 Å². The Kier molecular flexibility index (Phi) is 6.39. The summed E-state index contributed by atoms with van der Waals surface area (Å²) in [7, 11) is 0. The van der Waals surface area contributed by atoms with Gasteiger partial charge in [-0.2, -0.15) is 0 Å². The van der Waals surface area contributed by atoms with Crippen LogP contribution in [-0.4, -0.2) is 23.9 Å². The van der Waals surface area contributed by atoms with Gasteiger partial charge >= 0.3 is 0 Å². The summed E-state index contributed by atoms with van der Waals surface area (Å²) in [4.78, 5) is 0. The van der Waals surface area contributed by atoms with Crippen LogP contribution < -0.4 is 0 Å². The molecule has 0 aromatic carbocycles. The highest BCUT2D eigenvalue weighted by Crippen LogP contribution is 2.05. The first kappa shape index (κ1) is 11.9. The Morgan fingerprint density at radius 2 is 1.83 bits per heavy atom. The highest BCUT2D eigenvalue weighted by atomic mass is 16.5. The zero-order valence-electron chi connectivity index (χ0n) is 8.71. The molecule has 0 spiro atoms. The monoisotopic (exact) mass is 174 g/mol. The first-order chi connectivity index (χ1) is 5.57. The Morgan fingerprint density at radius 1 is 1.25 bits per heavy atom. The van der Waals surface area contributed by atoms with Crippen molar-refractivity contribution < 1.29 is 9.84 Å². The van der Waals surface area contributed by atoms with E-state index in [1.165, 1.54) is 0 Å². The molecular weight excluding hydrogens is 152 g/mol. The fourth-order valence-electron chi connectivity index (χ4n) is 0.945. The second-order valence-electron chi connectivity index (χ2n) is 3.74. The van der Waals surface area contributed by atoms with Gasteiger partial charge in [0.05, 0.1) is 18.8 Å². The molecule has 0 aromatic heterocycles. The number of hydrogen-bond acceptors (Lipinski definition) is 2. The van der Waals surface area contributed by atoms with Crippen molar-refractivity contribution in [2.24, 2.45) is 5.92 Å². The van der Waals surface area contributed by atoms with Crippen LogP contribution in [0.2, 0.25) is 0 Å². The quantitative estimate of drug-likeness (QED) is 0.669. The summed E-state index contributed by atoms with van der Waals surface area (Å²) in [5, 5.41) is 9.42. The molecule has 12 heavy (non-hydrogen) atoms. The molecule has 1 N–H and O–H groups in total. The minimum Gasteiger partial charge on any atom is -0.390 e. The fraction of sp³-hybridized carbons (Fsp3) is 1.00. The molecule has 0 radical (unpaired) electrons. The lowest BCUT2D eigenvalue weighted by Crippen LogP contribution is -2.24. The van der Waals surface area contributed by atoms with Crippen LogP contribution in [0.15, 0.2) is 0 Å². The third-order valence-corrected chi connectivity index (χ3v) is 2.02. The van der Waals surface area contributed by atoms with E-state index >= 15 is 0 Å². The predicted octanol–water partition coefficient (Wildman–Crippen LogP) is 2.21. The van der Waals surface area contributed by atoms with Crippen LogP contribution >= 0.6 is 0 Å². The standard InChI is InChI=1S/C10H22O2/c1-5-6-9(4)12-7-10(11)8(2)3/h8-11H,5-7H2,1-4H3. The maximum atomic E-state index is 9.42. The number of aliphatic hydroxyl groups excluding tert-OH is 1. The molecule has 2 atom stereocenters. The maximum Gasteiger partial charge on any atom is 0.0796 e. The maximum absolute atomic E-state index is 9.42. The van der Waals surface area contributed by atoms with Crippen LogP contribution in [0.4, 0.5) is 0 Å². The summed E-state index contributed by atoms with van der Waals surface area (Å²) in [6.45, 7) is 8.66. The number of rotatable bonds is 6. The Hall–Kier alpha value is -0.0800. The normalized spacial score (nSPS) is 16.5. The molecule has 2 unspecified atom stereocenters. The van der Waals surface area contributed by atoms with Crippen LogP contribution in [0.25, 0.3) is 0 Å². The highest BCUT2D eigenvalue weighted by Gasteiger charge is 2.10. The minimum absolute atomic E-state index is 0.281. The van der Waals surface area contributed by atoms with Crippen molar-refractivity contribution in [3.63, 3.8) is 0 Å². The van der Waals surface area contributed by atoms with Crippen molar-refractivity contribution in [1.29, 1.82) is 0 Å². The second kappa shape index (κ2) is 6.44. The lowest BCUT2D eigenvalue weighted by atomic mass is 10.1. The van der Waals surface area contributed by atoms with Crippen LogP contribution in [0.3, 0.4) is 0 Å². The molecule has 0 aromatic rings. The molecule has 0 aliphatic heterocycles. The van der Waals surface area contributed by atoms with Crippen LogP contribution in [0.1, 0.15) is 40.5 Å². The van der Waals surface area contributed by atoms with Gasteiger partial charge in [-0.25, -0.2) is 0 Å². The Bertz CT molecular complexity index is 102. The third-order valence-electron chi connectivity index (χ3n) is 2.02. The lowest BCUT2D eigenvalue weighted by molar-refractivity contribution is -0.0217. The smallest absolute Gasteiger partial charge is 0.0796 e. The van der Waals surface area contributed by atoms with Gasteiger partial charge in [0.15, 0.2) is 0 Å². The molecule has 0 heterocycles. The first-order valence-electron chi connectivity index (χ1n) is 4.87. The molecule has 0 bridgehead atoms. The Balaban J connectivity index is 3.40. The van der Waals surface area contributed by atoms with Gasteiger partial charge in [0.1, 0.15) is 0 Å². The van der Waals surface area contributed by atoms with Gasteiger partial charge in [0.25, 0.3) is 0 Å². The average Bonchev–Trinajstić information content (AvgIpc) is 2.00. The summed E-state index contributed by atoms with van der Waals surface area (Å²) in [6.07, 6.45) is 2.18. The van der Waals surface area contributed by atoms with Crippen LogP contribution in [-0.2, 0) is 4.74 Å². The lowest BCUT2D eigenvalue weighted by Gasteiger charge is -2.18. The molecule has 0 saturated heterocycles. The number of aliphatic hydroxyl groups is 1. The van der Waals surface area contributed by atoms with Crippen LogP contribution in [0, 0.1) is 5.92 Å². The zero-order valence-corrected chi connectivity index (χ0v) is 8.71. The molecule has 2 heteroatoms. The van der Waals surface area contributed by atoms with Crippen molar-refractivity contribution in [3.05, 3.63) is 0 Å². The number of hydrogen-bond donors (Lipinski definition) is 1. The molecule has 0 saturated carbocycles. The summed E-state index contributed by atoms with van der Waals surface area (Å²) < 4.78 is 5.46. The van der Waals surface area contributed by atoms with Crippen molar-refractivity contribution in [2.75, 3.05) is 6.61 Å². The summed E-state index contributed by atoms with van der Waals surface area (Å²) in [6, 6.07) is 0. The van der Waals surface area contributed by atoms with Gasteiger partial charge in [-0.1, -0.05) is 27.2 Å². The predicted molar refractivity (Wildman–Crippen MR) is 51.2 cm³/mol. The molecule has 0 amide bonds. The molecule has 0 fully saturated rings. The molecular formula is C10H22O2. The van der Waals surface area contributed by atoms with Gasteiger partial charge in [0.2, 0.25) is 0 Å². The highest BCUT2D eigenvalue weighted by molar-refractivity contribution is 4.59. The number of ether oxygens (including phenoxy) is 1. The van der Waals surface area contributed by atoms with Gasteiger partial charge in [0, 0.05) is 0 Å². The van der Waals surface area contributed by atoms with E-state index in [9.17, 15) is 5.11 Å². The molecule has 0 rings (SSSR count). The van der Waals surface area contributed by atoms with Gasteiger partial charge in [-0.15, -0.1) is 0 Å². The van der Waals surface area contributed by atoms with Crippen molar-refractivity contribution in [1.82, 2.24) is 0 Å². The van der Waals surface area contributed by atoms with E-state index in [0.29, 0.717) is 12.5 Å². The van der Waals surface area contributed by atoms with E-state index in [1.54, 1.807) is 0 Å². The van der Waals surface area contributed by atoms with Crippen LogP contribution in [0.5, 0.6) is 0 Å². The van der Waals surface area contributed by atoms with E-state index in [-0.39, 0.29) is 12.2 Å². The van der Waals surface area contributed by atoms with Crippen molar-refractivity contribution in [2.45, 2.75) is 52.7 Å². The SMILES string of the molecule is CCCC(C)OCC(O)C(C)C. The molecule has 74 valence electrons. The Morgan fingerprint density at radius 3 is 2.25 bits per heavy atom. The topological polar surface area (TPSA) is 29.5 Å². The van der Waals surface area contributed by atoms with E-state index in [0.717, 1.165) is 12.8 Å². The van der Waals surface area contributed by atoms with Crippen molar-refractivity contribution >= 4 is 0 Å². The third kappa shape index (κ3) is 5.56. The van der Waals surface area contributed by atoms with Gasteiger partial charge in [-0.3, -0.25) is 0 Å². The summed E-state index contributed by atoms with van der Waals surface area (Å²) >= 11 is 0. The average molecular weight is 174 g/mol. The van der Waals surface area contributed by atoms with E-state index in [1.807, 2.05) is 13.8 Å². The van der Waals surface area contributed by atoms with E-state index in [2.05, 4.69) is 13.8 Å². The van der Waals surface area contributed by atoms with Crippen molar-refractivity contribution in [3.8, 4) is 0 Å². The summed E-state index contributed by atoms with van der Waals surface area (Å²) in [5.74, 6) is 0.291. The Labute approximate surface area is 75.9 Å². The largest absolute Gasteiger partial charge is 0.390 e. The molecule has 2 nitrogen and oxygen atoms in total. The zero-order chi connectivity index (χ0) is 9.56. The summed E-state index contributed by atoms with van der Waals surface area (Å²) in [5.41, 5.74) is 0. The fourth-order valence-corrected chi connectivity index (χ4v) is 0.945.